The lowest BCUT2D eigenvalue weighted by Crippen LogP contribution is -2.46. The SMILES string of the molecule is CC[C@@]12CCN(C)[C@@H]1N(C)c1ccc(-n3cc(CN4CCCCCC4)nn3)cc12. The summed E-state index contributed by atoms with van der Waals surface area (Å²) in [5.74, 6) is 0. The highest BCUT2D eigenvalue weighted by atomic mass is 15.4. The Kier molecular flexibility index (Phi) is 4.87. The first-order chi connectivity index (χ1) is 14.1. The average molecular weight is 395 g/mol. The van der Waals surface area contributed by atoms with Crippen molar-refractivity contribution >= 4 is 5.69 Å². The monoisotopic (exact) mass is 394 g/mol. The molecular weight excluding hydrogens is 360 g/mol. The van der Waals surface area contributed by atoms with Crippen LogP contribution in [0.4, 0.5) is 5.69 Å². The molecule has 0 aliphatic carbocycles. The summed E-state index contributed by atoms with van der Waals surface area (Å²) < 4.78 is 1.97. The smallest absolute Gasteiger partial charge is 0.0971 e. The van der Waals surface area contributed by atoms with Gasteiger partial charge in [-0.05, 0) is 69.6 Å². The molecule has 156 valence electrons. The van der Waals surface area contributed by atoms with Crippen molar-refractivity contribution in [2.45, 2.75) is 63.6 Å². The molecule has 0 unspecified atom stereocenters. The standard InChI is InChI=1S/C23H34N6/c1-4-23-11-14-26(2)22(23)27(3)21-10-9-19(15-20(21)23)29-17-18(24-25-29)16-28-12-7-5-6-8-13-28/h9-10,15,17,22H,4-8,11-14,16H2,1-3H3/t22-,23+/m1/s1. The Morgan fingerprint density at radius 1 is 1.07 bits per heavy atom. The molecule has 1 aromatic heterocycles. The number of nitrogens with zero attached hydrogens (tertiary/aromatic N) is 6. The lowest BCUT2D eigenvalue weighted by atomic mass is 9.77. The van der Waals surface area contributed by atoms with Crippen LogP contribution < -0.4 is 4.90 Å². The van der Waals surface area contributed by atoms with Crippen LogP contribution in [-0.2, 0) is 12.0 Å². The van der Waals surface area contributed by atoms with Crippen LogP contribution >= 0.6 is 0 Å². The van der Waals surface area contributed by atoms with E-state index in [1.807, 2.05) is 4.68 Å². The molecule has 4 heterocycles. The predicted octanol–water partition coefficient (Wildman–Crippen LogP) is 3.40. The summed E-state index contributed by atoms with van der Waals surface area (Å²) in [6.45, 7) is 6.80. The van der Waals surface area contributed by atoms with Crippen molar-refractivity contribution in [3.63, 3.8) is 0 Å². The molecule has 5 rings (SSSR count). The van der Waals surface area contributed by atoms with Crippen LogP contribution in [0.25, 0.3) is 5.69 Å². The van der Waals surface area contributed by atoms with Gasteiger partial charge in [-0.15, -0.1) is 5.10 Å². The summed E-state index contributed by atoms with van der Waals surface area (Å²) in [6.07, 6.45) is 10.3. The van der Waals surface area contributed by atoms with Gasteiger partial charge < -0.3 is 4.90 Å². The Morgan fingerprint density at radius 3 is 2.62 bits per heavy atom. The van der Waals surface area contributed by atoms with Gasteiger partial charge in [0.05, 0.1) is 23.7 Å². The van der Waals surface area contributed by atoms with E-state index in [0.717, 1.165) is 24.5 Å². The van der Waals surface area contributed by atoms with Gasteiger partial charge in [0, 0.05) is 31.2 Å². The van der Waals surface area contributed by atoms with E-state index >= 15 is 0 Å². The first-order valence-electron chi connectivity index (χ1n) is 11.3. The van der Waals surface area contributed by atoms with E-state index in [-0.39, 0.29) is 5.41 Å². The van der Waals surface area contributed by atoms with Gasteiger partial charge in [-0.25, -0.2) is 4.68 Å². The van der Waals surface area contributed by atoms with Gasteiger partial charge in [-0.3, -0.25) is 9.80 Å². The highest BCUT2D eigenvalue weighted by Crippen LogP contribution is 2.53. The number of anilines is 1. The first-order valence-corrected chi connectivity index (χ1v) is 11.3. The van der Waals surface area contributed by atoms with E-state index < -0.39 is 0 Å². The number of hydrogen-bond donors (Lipinski definition) is 0. The van der Waals surface area contributed by atoms with Crippen molar-refractivity contribution in [1.29, 1.82) is 0 Å². The van der Waals surface area contributed by atoms with Crippen molar-refractivity contribution in [1.82, 2.24) is 24.8 Å². The van der Waals surface area contributed by atoms with Crippen LogP contribution in [-0.4, -0.2) is 64.7 Å². The number of benzene rings is 1. The number of hydrogen-bond acceptors (Lipinski definition) is 5. The predicted molar refractivity (Wildman–Crippen MR) is 117 cm³/mol. The molecule has 0 saturated carbocycles. The van der Waals surface area contributed by atoms with Crippen LogP contribution in [0.5, 0.6) is 0 Å². The second-order valence-corrected chi connectivity index (χ2v) is 9.27. The molecule has 3 aliphatic heterocycles. The van der Waals surface area contributed by atoms with E-state index in [2.05, 4.69) is 70.4 Å². The second kappa shape index (κ2) is 7.40. The van der Waals surface area contributed by atoms with Crippen molar-refractivity contribution in [2.24, 2.45) is 0 Å². The van der Waals surface area contributed by atoms with Gasteiger partial charge in [0.25, 0.3) is 0 Å². The summed E-state index contributed by atoms with van der Waals surface area (Å²) in [6, 6.07) is 6.85. The van der Waals surface area contributed by atoms with Gasteiger partial charge in [-0.2, -0.15) is 0 Å². The van der Waals surface area contributed by atoms with E-state index in [1.54, 1.807) is 0 Å². The first kappa shape index (κ1) is 19.1. The molecule has 2 fully saturated rings. The molecule has 2 saturated heterocycles. The molecule has 6 nitrogen and oxygen atoms in total. The zero-order valence-electron chi connectivity index (χ0n) is 18.1. The van der Waals surface area contributed by atoms with Gasteiger partial charge in [0.2, 0.25) is 0 Å². The Hall–Kier alpha value is -1.92. The highest BCUT2D eigenvalue weighted by molar-refractivity contribution is 5.67. The molecule has 6 heteroatoms. The Labute approximate surface area is 174 Å². The maximum Gasteiger partial charge on any atom is 0.0971 e. The third-order valence-electron chi connectivity index (χ3n) is 7.61. The van der Waals surface area contributed by atoms with Gasteiger partial charge in [-0.1, -0.05) is 25.0 Å². The van der Waals surface area contributed by atoms with E-state index in [9.17, 15) is 0 Å². The van der Waals surface area contributed by atoms with Crippen molar-refractivity contribution in [3.05, 3.63) is 35.7 Å². The molecule has 3 aliphatic rings. The summed E-state index contributed by atoms with van der Waals surface area (Å²) in [5, 5.41) is 8.98. The van der Waals surface area contributed by atoms with E-state index in [0.29, 0.717) is 6.17 Å². The number of likely N-dealkylation sites (tertiary alicyclic amines) is 2. The van der Waals surface area contributed by atoms with E-state index in [1.165, 1.54) is 62.9 Å². The molecule has 2 atom stereocenters. The zero-order valence-corrected chi connectivity index (χ0v) is 18.1. The fraction of sp³-hybridized carbons (Fsp3) is 0.652. The summed E-state index contributed by atoms with van der Waals surface area (Å²) in [7, 11) is 4.51. The topological polar surface area (TPSA) is 40.4 Å². The maximum atomic E-state index is 4.49. The summed E-state index contributed by atoms with van der Waals surface area (Å²) in [4.78, 5) is 7.52. The fourth-order valence-electron chi connectivity index (χ4n) is 6.06. The van der Waals surface area contributed by atoms with Crippen molar-refractivity contribution in [3.8, 4) is 5.69 Å². The highest BCUT2D eigenvalue weighted by Gasteiger charge is 2.54. The second-order valence-electron chi connectivity index (χ2n) is 9.27. The Bertz CT molecular complexity index is 868. The minimum atomic E-state index is 0.226. The minimum Gasteiger partial charge on any atom is -0.358 e. The van der Waals surface area contributed by atoms with Crippen molar-refractivity contribution < 1.29 is 0 Å². The van der Waals surface area contributed by atoms with Crippen LogP contribution in [0, 0.1) is 0 Å². The number of rotatable bonds is 4. The van der Waals surface area contributed by atoms with Crippen molar-refractivity contribution in [2.75, 3.05) is 38.6 Å². The third kappa shape index (κ3) is 3.08. The molecule has 0 N–H and O–H groups in total. The average Bonchev–Trinajstić information content (AvgIpc) is 3.32. The minimum absolute atomic E-state index is 0.226. The number of likely N-dealkylation sites (N-methyl/N-ethyl adjacent to an activating group) is 2. The summed E-state index contributed by atoms with van der Waals surface area (Å²) >= 11 is 0. The van der Waals surface area contributed by atoms with Gasteiger partial charge in [0.15, 0.2) is 0 Å². The van der Waals surface area contributed by atoms with Gasteiger partial charge in [0.1, 0.15) is 0 Å². The molecule has 2 aromatic rings. The zero-order chi connectivity index (χ0) is 20.0. The van der Waals surface area contributed by atoms with E-state index in [4.69, 9.17) is 0 Å². The summed E-state index contributed by atoms with van der Waals surface area (Å²) in [5.41, 5.74) is 5.29. The molecule has 0 bridgehead atoms. The quantitative estimate of drug-likeness (QED) is 0.795. The third-order valence-corrected chi connectivity index (χ3v) is 7.61. The van der Waals surface area contributed by atoms with Gasteiger partial charge >= 0.3 is 0 Å². The van der Waals surface area contributed by atoms with Crippen LogP contribution in [0.2, 0.25) is 0 Å². The molecular formula is C23H34N6. The molecule has 0 radical (unpaired) electrons. The van der Waals surface area contributed by atoms with Crippen LogP contribution in [0.3, 0.4) is 0 Å². The number of aromatic nitrogens is 3. The molecule has 0 spiro atoms. The molecule has 29 heavy (non-hydrogen) atoms. The maximum absolute atomic E-state index is 4.49. The van der Waals surface area contributed by atoms with Crippen LogP contribution in [0.15, 0.2) is 24.4 Å². The number of fused-ring (bicyclic) bond motifs is 3. The molecule has 0 amide bonds. The molecule has 1 aromatic carbocycles. The largest absolute Gasteiger partial charge is 0.358 e. The fourth-order valence-corrected chi connectivity index (χ4v) is 6.06. The normalized spacial score (nSPS) is 27.8. The lowest BCUT2D eigenvalue weighted by Gasteiger charge is -2.34. The Morgan fingerprint density at radius 2 is 1.86 bits per heavy atom. The van der Waals surface area contributed by atoms with Crippen LogP contribution in [0.1, 0.15) is 56.7 Å². The Balaban J connectivity index is 1.42. The lowest BCUT2D eigenvalue weighted by molar-refractivity contribution is 0.252.